The van der Waals surface area contributed by atoms with Gasteiger partial charge in [0.1, 0.15) is 6.04 Å². The number of benzene rings is 1. The lowest BCUT2D eigenvalue weighted by Gasteiger charge is -2.21. The van der Waals surface area contributed by atoms with Gasteiger partial charge in [-0.05, 0) is 31.4 Å². The van der Waals surface area contributed by atoms with Crippen molar-refractivity contribution < 1.29 is 14.7 Å². The van der Waals surface area contributed by atoms with Crippen LogP contribution in [-0.4, -0.2) is 39.5 Å². The van der Waals surface area contributed by atoms with Gasteiger partial charge in [-0.3, -0.25) is 9.78 Å². The Kier molecular flexibility index (Phi) is 4.10. The zero-order valence-electron chi connectivity index (χ0n) is 12.9. The number of carboxylic acids is 1. The van der Waals surface area contributed by atoms with Gasteiger partial charge in [-0.1, -0.05) is 29.8 Å². The Labute approximate surface area is 134 Å². The Balaban J connectivity index is 1.90. The summed E-state index contributed by atoms with van der Waals surface area (Å²) in [6.07, 6.45) is 4.43. The lowest BCUT2D eigenvalue weighted by molar-refractivity contribution is -0.141. The van der Waals surface area contributed by atoms with E-state index in [1.807, 2.05) is 31.2 Å². The summed E-state index contributed by atoms with van der Waals surface area (Å²) < 4.78 is 0. The fourth-order valence-corrected chi connectivity index (χ4v) is 2.97. The minimum atomic E-state index is -0.946. The molecule has 1 aromatic carbocycles. The van der Waals surface area contributed by atoms with Crippen molar-refractivity contribution in [1.29, 1.82) is 0 Å². The molecule has 1 amide bonds. The molecule has 1 aromatic heterocycles. The van der Waals surface area contributed by atoms with Gasteiger partial charge in [0.25, 0.3) is 5.91 Å². The molecule has 0 aliphatic carbocycles. The van der Waals surface area contributed by atoms with Crippen LogP contribution in [0.15, 0.2) is 42.7 Å². The average molecular weight is 310 g/mol. The standard InChI is InChI=1S/C18H18N2O3/c1-12-4-2-5-13(8-12)14-9-15(11-19-10-14)17(21)20-7-3-6-16(20)18(22)23/h2,4-5,8-11,16H,3,6-7H2,1H3,(H,22,23)/t16-/m0/s1. The third-order valence-corrected chi connectivity index (χ3v) is 4.14. The Morgan fingerprint density at radius 3 is 2.78 bits per heavy atom. The zero-order valence-corrected chi connectivity index (χ0v) is 12.9. The van der Waals surface area contributed by atoms with Crippen LogP contribution < -0.4 is 0 Å². The maximum absolute atomic E-state index is 12.6. The van der Waals surface area contributed by atoms with Crippen molar-refractivity contribution in [3.8, 4) is 11.1 Å². The van der Waals surface area contributed by atoms with Gasteiger partial charge in [-0.25, -0.2) is 4.79 Å². The first-order valence-electron chi connectivity index (χ1n) is 7.62. The molecule has 1 aliphatic rings. The smallest absolute Gasteiger partial charge is 0.326 e. The number of hydrogen-bond acceptors (Lipinski definition) is 3. The Bertz CT molecular complexity index is 757. The number of likely N-dealkylation sites (tertiary alicyclic amines) is 1. The highest BCUT2D eigenvalue weighted by Crippen LogP contribution is 2.24. The number of aromatic nitrogens is 1. The quantitative estimate of drug-likeness (QED) is 0.946. The van der Waals surface area contributed by atoms with E-state index in [9.17, 15) is 14.7 Å². The van der Waals surface area contributed by atoms with Crippen LogP contribution in [0.25, 0.3) is 11.1 Å². The molecule has 5 nitrogen and oxygen atoms in total. The number of nitrogens with zero attached hydrogens (tertiary/aromatic N) is 2. The Morgan fingerprint density at radius 2 is 2.04 bits per heavy atom. The van der Waals surface area contributed by atoms with Crippen molar-refractivity contribution in [3.05, 3.63) is 53.9 Å². The molecule has 0 unspecified atom stereocenters. The minimum absolute atomic E-state index is 0.267. The molecule has 1 saturated heterocycles. The molecule has 3 rings (SSSR count). The average Bonchev–Trinajstić information content (AvgIpc) is 3.04. The molecule has 118 valence electrons. The summed E-state index contributed by atoms with van der Waals surface area (Å²) in [6.45, 7) is 2.48. The van der Waals surface area contributed by atoms with E-state index >= 15 is 0 Å². The number of carbonyl (C=O) groups excluding carboxylic acids is 1. The first-order chi connectivity index (χ1) is 11.1. The number of aliphatic carboxylic acids is 1. The molecular formula is C18H18N2O3. The summed E-state index contributed by atoms with van der Waals surface area (Å²) in [5, 5.41) is 9.23. The topological polar surface area (TPSA) is 70.5 Å². The van der Waals surface area contributed by atoms with Crippen LogP contribution in [0.1, 0.15) is 28.8 Å². The summed E-state index contributed by atoms with van der Waals surface area (Å²) in [6, 6.07) is 9.01. The molecule has 2 aromatic rings. The predicted octanol–water partition coefficient (Wildman–Crippen LogP) is 2.75. The number of pyridine rings is 1. The second-order valence-corrected chi connectivity index (χ2v) is 5.83. The number of hydrogen-bond donors (Lipinski definition) is 1. The maximum Gasteiger partial charge on any atom is 0.326 e. The van der Waals surface area contributed by atoms with Crippen LogP contribution in [0.3, 0.4) is 0 Å². The lowest BCUT2D eigenvalue weighted by Crippen LogP contribution is -2.40. The Hall–Kier alpha value is -2.69. The molecule has 1 aliphatic heterocycles. The van der Waals surface area contributed by atoms with Crippen molar-refractivity contribution in [2.45, 2.75) is 25.8 Å². The van der Waals surface area contributed by atoms with Gasteiger partial charge >= 0.3 is 5.97 Å². The second kappa shape index (κ2) is 6.20. The van der Waals surface area contributed by atoms with E-state index in [0.29, 0.717) is 24.9 Å². The summed E-state index contributed by atoms with van der Waals surface area (Å²) in [7, 11) is 0. The van der Waals surface area contributed by atoms with Gasteiger partial charge in [0.05, 0.1) is 5.56 Å². The molecule has 0 radical (unpaired) electrons. The maximum atomic E-state index is 12.6. The minimum Gasteiger partial charge on any atom is -0.480 e. The highest BCUT2D eigenvalue weighted by atomic mass is 16.4. The highest BCUT2D eigenvalue weighted by molar-refractivity contribution is 5.97. The van der Waals surface area contributed by atoms with Crippen molar-refractivity contribution in [1.82, 2.24) is 9.88 Å². The van der Waals surface area contributed by atoms with E-state index < -0.39 is 12.0 Å². The van der Waals surface area contributed by atoms with Crippen LogP contribution in [-0.2, 0) is 4.79 Å². The fourth-order valence-electron chi connectivity index (χ4n) is 2.97. The number of amides is 1. The summed E-state index contributed by atoms with van der Waals surface area (Å²) in [5.74, 6) is -1.21. The Morgan fingerprint density at radius 1 is 1.22 bits per heavy atom. The molecule has 23 heavy (non-hydrogen) atoms. The monoisotopic (exact) mass is 310 g/mol. The van der Waals surface area contributed by atoms with Gasteiger partial charge in [0.15, 0.2) is 0 Å². The van der Waals surface area contributed by atoms with Gasteiger partial charge < -0.3 is 10.0 Å². The van der Waals surface area contributed by atoms with E-state index in [1.54, 1.807) is 12.3 Å². The lowest BCUT2D eigenvalue weighted by atomic mass is 10.0. The molecule has 0 saturated carbocycles. The molecule has 5 heteroatoms. The van der Waals surface area contributed by atoms with E-state index in [-0.39, 0.29) is 5.91 Å². The van der Waals surface area contributed by atoms with Crippen LogP contribution in [0.5, 0.6) is 0 Å². The van der Waals surface area contributed by atoms with E-state index in [1.165, 1.54) is 11.1 Å². The molecule has 1 N–H and O–H groups in total. The van der Waals surface area contributed by atoms with E-state index in [2.05, 4.69) is 4.98 Å². The van der Waals surface area contributed by atoms with Gasteiger partial charge in [-0.15, -0.1) is 0 Å². The fraction of sp³-hybridized carbons (Fsp3) is 0.278. The van der Waals surface area contributed by atoms with Crippen molar-refractivity contribution in [2.24, 2.45) is 0 Å². The summed E-state index contributed by atoms with van der Waals surface area (Å²) in [4.78, 5) is 29.5. The van der Waals surface area contributed by atoms with Crippen molar-refractivity contribution in [3.63, 3.8) is 0 Å². The summed E-state index contributed by atoms with van der Waals surface area (Å²) in [5.41, 5.74) is 3.40. The van der Waals surface area contributed by atoms with Gasteiger partial charge in [0.2, 0.25) is 0 Å². The number of rotatable bonds is 3. The third kappa shape index (κ3) is 3.08. The first-order valence-corrected chi connectivity index (χ1v) is 7.62. The van der Waals surface area contributed by atoms with Crippen molar-refractivity contribution >= 4 is 11.9 Å². The van der Waals surface area contributed by atoms with Crippen LogP contribution in [0.2, 0.25) is 0 Å². The molecule has 0 spiro atoms. The zero-order chi connectivity index (χ0) is 16.4. The van der Waals surface area contributed by atoms with Gasteiger partial charge in [-0.2, -0.15) is 0 Å². The summed E-state index contributed by atoms with van der Waals surface area (Å²) >= 11 is 0. The molecule has 2 heterocycles. The number of aryl methyl sites for hydroxylation is 1. The van der Waals surface area contributed by atoms with Gasteiger partial charge in [0, 0.05) is 24.5 Å². The van der Waals surface area contributed by atoms with Crippen molar-refractivity contribution in [2.75, 3.05) is 6.54 Å². The third-order valence-electron chi connectivity index (χ3n) is 4.14. The molecule has 1 atom stereocenters. The van der Waals surface area contributed by atoms with E-state index in [4.69, 9.17) is 0 Å². The number of carbonyl (C=O) groups is 2. The first kappa shape index (κ1) is 15.2. The van der Waals surface area contributed by atoms with Crippen LogP contribution in [0, 0.1) is 6.92 Å². The highest BCUT2D eigenvalue weighted by Gasteiger charge is 2.34. The molecular weight excluding hydrogens is 292 g/mol. The van der Waals surface area contributed by atoms with Crippen LogP contribution in [0.4, 0.5) is 0 Å². The predicted molar refractivity (Wildman–Crippen MR) is 86.1 cm³/mol. The van der Waals surface area contributed by atoms with Crippen LogP contribution >= 0.6 is 0 Å². The SMILES string of the molecule is Cc1cccc(-c2cncc(C(=O)N3CCC[C@H]3C(=O)O)c2)c1. The normalized spacial score (nSPS) is 17.3. The second-order valence-electron chi connectivity index (χ2n) is 5.83. The molecule has 0 bridgehead atoms. The van der Waals surface area contributed by atoms with E-state index in [0.717, 1.165) is 16.7 Å². The number of carboxylic acid groups (broad SMARTS) is 1. The largest absolute Gasteiger partial charge is 0.480 e. The molecule has 1 fully saturated rings.